The van der Waals surface area contributed by atoms with Gasteiger partial charge in [-0.05, 0) is 44.5 Å². The lowest BCUT2D eigenvalue weighted by molar-refractivity contribution is -0.123. The maximum atomic E-state index is 12.1. The Kier molecular flexibility index (Phi) is 7.06. The van der Waals surface area contributed by atoms with Crippen molar-refractivity contribution in [3.63, 3.8) is 0 Å². The average Bonchev–Trinajstić information content (AvgIpc) is 2.59. The molecule has 1 fully saturated rings. The minimum absolute atomic E-state index is 0.0347. The molecule has 1 heterocycles. The van der Waals surface area contributed by atoms with Crippen molar-refractivity contribution in [1.29, 1.82) is 0 Å². The maximum absolute atomic E-state index is 12.1. The molecular formula is C18H29N5O2. The molecule has 3 amide bonds. The van der Waals surface area contributed by atoms with Crippen LogP contribution in [0.3, 0.4) is 0 Å². The zero-order valence-corrected chi connectivity index (χ0v) is 15.1. The van der Waals surface area contributed by atoms with E-state index >= 15 is 0 Å². The van der Waals surface area contributed by atoms with E-state index in [4.69, 9.17) is 5.73 Å². The van der Waals surface area contributed by atoms with Gasteiger partial charge >= 0.3 is 6.03 Å². The van der Waals surface area contributed by atoms with E-state index in [1.165, 1.54) is 0 Å². The van der Waals surface area contributed by atoms with Gasteiger partial charge in [-0.25, -0.2) is 4.79 Å². The van der Waals surface area contributed by atoms with Crippen LogP contribution >= 0.6 is 0 Å². The molecule has 1 aromatic rings. The van der Waals surface area contributed by atoms with Crippen molar-refractivity contribution in [2.24, 2.45) is 11.7 Å². The smallest absolute Gasteiger partial charge is 0.319 e. The summed E-state index contributed by atoms with van der Waals surface area (Å²) in [6.07, 6.45) is 2.73. The number of piperidine rings is 1. The monoisotopic (exact) mass is 347 g/mol. The van der Waals surface area contributed by atoms with Gasteiger partial charge in [0.1, 0.15) is 0 Å². The summed E-state index contributed by atoms with van der Waals surface area (Å²) in [5.41, 5.74) is 7.14. The summed E-state index contributed by atoms with van der Waals surface area (Å²) in [6, 6.07) is 7.47. The number of hydrogen-bond donors (Lipinski definition) is 3. The number of hydrogen-bond acceptors (Lipinski definition) is 4. The van der Waals surface area contributed by atoms with Gasteiger partial charge in [-0.1, -0.05) is 12.1 Å². The second-order valence-electron chi connectivity index (χ2n) is 6.69. The molecule has 0 bridgehead atoms. The number of nitrogens with two attached hydrogens (primary N) is 1. The van der Waals surface area contributed by atoms with E-state index in [1.807, 2.05) is 43.3 Å². The lowest BCUT2D eigenvalue weighted by Crippen LogP contribution is -2.42. The van der Waals surface area contributed by atoms with Crippen molar-refractivity contribution in [2.45, 2.75) is 19.3 Å². The molecular weight excluding hydrogens is 318 g/mol. The van der Waals surface area contributed by atoms with Crippen molar-refractivity contribution in [1.82, 2.24) is 10.2 Å². The lowest BCUT2D eigenvalue weighted by atomic mass is 9.97. The highest BCUT2D eigenvalue weighted by molar-refractivity contribution is 5.93. The summed E-state index contributed by atoms with van der Waals surface area (Å²) in [5.74, 6) is -0.241. The number of anilines is 2. The van der Waals surface area contributed by atoms with E-state index in [2.05, 4.69) is 15.5 Å². The SMILES string of the molecule is CN(C)c1ccccc1NC(=O)NCCCN1CCC[C@@H](C(N)=O)C1. The van der Waals surface area contributed by atoms with E-state index in [-0.39, 0.29) is 17.9 Å². The Morgan fingerprint density at radius 3 is 2.80 bits per heavy atom. The molecule has 0 aliphatic carbocycles. The number of carbonyl (C=O) groups is 2. The quantitative estimate of drug-likeness (QED) is 0.651. The van der Waals surface area contributed by atoms with Crippen LogP contribution in [0.25, 0.3) is 0 Å². The van der Waals surface area contributed by atoms with Crippen LogP contribution in [-0.2, 0) is 4.79 Å². The number of urea groups is 1. The fraction of sp³-hybridized carbons (Fsp3) is 0.556. The van der Waals surface area contributed by atoms with Crippen LogP contribution in [0.15, 0.2) is 24.3 Å². The summed E-state index contributed by atoms with van der Waals surface area (Å²) < 4.78 is 0. The Hall–Kier alpha value is -2.28. The van der Waals surface area contributed by atoms with Gasteiger partial charge in [-0.15, -0.1) is 0 Å². The van der Waals surface area contributed by atoms with Gasteiger partial charge in [0.25, 0.3) is 0 Å². The molecule has 1 saturated heterocycles. The zero-order valence-electron chi connectivity index (χ0n) is 15.1. The minimum Gasteiger partial charge on any atom is -0.376 e. The standard InChI is InChI=1S/C18H29N5O2/c1-22(2)16-9-4-3-8-15(16)21-18(25)20-10-6-12-23-11-5-7-14(13-23)17(19)24/h3-4,8-9,14H,5-7,10-13H2,1-2H3,(H2,19,24)(H2,20,21,25)/t14-/m1/s1. The highest BCUT2D eigenvalue weighted by Gasteiger charge is 2.23. The van der Waals surface area contributed by atoms with Crippen LogP contribution in [0.1, 0.15) is 19.3 Å². The van der Waals surface area contributed by atoms with E-state index in [1.54, 1.807) is 0 Å². The average molecular weight is 347 g/mol. The van der Waals surface area contributed by atoms with Gasteiger partial charge in [-0.3, -0.25) is 4.79 Å². The van der Waals surface area contributed by atoms with Gasteiger partial charge in [0.15, 0.2) is 0 Å². The second kappa shape index (κ2) is 9.27. The highest BCUT2D eigenvalue weighted by atomic mass is 16.2. The molecule has 0 aromatic heterocycles. The molecule has 0 unspecified atom stereocenters. The lowest BCUT2D eigenvalue weighted by Gasteiger charge is -2.31. The zero-order chi connectivity index (χ0) is 18.2. The van der Waals surface area contributed by atoms with E-state index < -0.39 is 0 Å². The van der Waals surface area contributed by atoms with Crippen molar-refractivity contribution >= 4 is 23.3 Å². The molecule has 0 radical (unpaired) electrons. The Morgan fingerprint density at radius 1 is 1.32 bits per heavy atom. The first-order valence-corrected chi connectivity index (χ1v) is 8.80. The molecule has 2 rings (SSSR count). The van der Waals surface area contributed by atoms with Crippen LogP contribution < -0.4 is 21.3 Å². The number of rotatable bonds is 7. The predicted molar refractivity (Wildman–Crippen MR) is 101 cm³/mol. The number of amides is 3. The summed E-state index contributed by atoms with van der Waals surface area (Å²) in [5, 5.41) is 5.77. The molecule has 1 aliphatic rings. The van der Waals surface area contributed by atoms with Crippen molar-refractivity contribution in [3.05, 3.63) is 24.3 Å². The topological polar surface area (TPSA) is 90.7 Å². The summed E-state index contributed by atoms with van der Waals surface area (Å²) in [7, 11) is 3.88. The predicted octanol–water partition coefficient (Wildman–Crippen LogP) is 1.46. The Balaban J connectivity index is 1.70. The van der Waals surface area contributed by atoms with Crippen LogP contribution in [0.4, 0.5) is 16.2 Å². The third-order valence-corrected chi connectivity index (χ3v) is 4.48. The molecule has 1 aliphatic heterocycles. The normalized spacial score (nSPS) is 17.8. The van der Waals surface area contributed by atoms with Crippen molar-refractivity contribution in [2.75, 3.05) is 50.5 Å². The number of carbonyl (C=O) groups excluding carboxylic acids is 2. The first-order chi connectivity index (χ1) is 12.0. The summed E-state index contributed by atoms with van der Waals surface area (Å²) in [6.45, 7) is 3.18. The number of benzene rings is 1. The van der Waals surface area contributed by atoms with E-state index in [0.717, 1.165) is 50.3 Å². The number of nitrogens with one attached hydrogen (secondary N) is 2. The Morgan fingerprint density at radius 2 is 2.08 bits per heavy atom. The molecule has 25 heavy (non-hydrogen) atoms. The van der Waals surface area contributed by atoms with Gasteiger partial charge in [0, 0.05) is 27.2 Å². The van der Waals surface area contributed by atoms with E-state index in [0.29, 0.717) is 6.54 Å². The fourth-order valence-corrected chi connectivity index (χ4v) is 3.13. The second-order valence-corrected chi connectivity index (χ2v) is 6.69. The summed E-state index contributed by atoms with van der Waals surface area (Å²) >= 11 is 0. The van der Waals surface area contributed by atoms with Crippen molar-refractivity contribution < 1.29 is 9.59 Å². The largest absolute Gasteiger partial charge is 0.376 e. The molecule has 1 atom stereocenters. The third kappa shape index (κ3) is 5.94. The third-order valence-electron chi connectivity index (χ3n) is 4.48. The van der Waals surface area contributed by atoms with Crippen LogP contribution in [0, 0.1) is 5.92 Å². The minimum atomic E-state index is -0.207. The van der Waals surface area contributed by atoms with Gasteiger partial charge in [-0.2, -0.15) is 0 Å². The summed E-state index contributed by atoms with van der Waals surface area (Å²) in [4.78, 5) is 27.6. The van der Waals surface area contributed by atoms with Gasteiger partial charge in [0.05, 0.1) is 17.3 Å². The van der Waals surface area contributed by atoms with Crippen LogP contribution in [0.5, 0.6) is 0 Å². The Labute approximate surface area is 149 Å². The first kappa shape index (κ1) is 19.1. The van der Waals surface area contributed by atoms with Crippen LogP contribution in [0.2, 0.25) is 0 Å². The Bertz CT molecular complexity index is 591. The molecule has 0 spiro atoms. The fourth-order valence-electron chi connectivity index (χ4n) is 3.13. The van der Waals surface area contributed by atoms with E-state index in [9.17, 15) is 9.59 Å². The highest BCUT2D eigenvalue weighted by Crippen LogP contribution is 2.23. The molecule has 0 saturated carbocycles. The molecule has 4 N–H and O–H groups in total. The molecule has 7 heteroatoms. The molecule has 138 valence electrons. The number of nitrogens with zero attached hydrogens (tertiary/aromatic N) is 2. The van der Waals surface area contributed by atoms with Crippen LogP contribution in [-0.4, -0.2) is 57.1 Å². The number of primary amides is 1. The number of likely N-dealkylation sites (tertiary alicyclic amines) is 1. The van der Waals surface area contributed by atoms with Gasteiger partial charge < -0.3 is 26.2 Å². The molecule has 1 aromatic carbocycles. The molecule has 7 nitrogen and oxygen atoms in total. The van der Waals surface area contributed by atoms with Gasteiger partial charge in [0.2, 0.25) is 5.91 Å². The van der Waals surface area contributed by atoms with Crippen molar-refractivity contribution in [3.8, 4) is 0 Å². The first-order valence-electron chi connectivity index (χ1n) is 8.80. The maximum Gasteiger partial charge on any atom is 0.319 e. The number of para-hydroxylation sites is 2.